The molecule has 1 heterocycles. The third kappa shape index (κ3) is 3.39. The summed E-state index contributed by atoms with van der Waals surface area (Å²) >= 11 is 3.48. The van der Waals surface area contributed by atoms with Gasteiger partial charge in [-0.05, 0) is 34.0 Å². The molecule has 1 aromatic heterocycles. The van der Waals surface area contributed by atoms with Gasteiger partial charge in [0.05, 0.1) is 7.11 Å². The van der Waals surface area contributed by atoms with Crippen molar-refractivity contribution >= 4 is 27.6 Å². The van der Waals surface area contributed by atoms with E-state index in [0.717, 1.165) is 34.8 Å². The van der Waals surface area contributed by atoms with Crippen molar-refractivity contribution in [3.63, 3.8) is 0 Å². The zero-order valence-corrected chi connectivity index (χ0v) is 13.1. The minimum atomic E-state index is 0.763. The van der Waals surface area contributed by atoms with Crippen molar-refractivity contribution in [3.05, 3.63) is 40.6 Å². The molecule has 0 saturated carbocycles. The monoisotopic (exact) mass is 336 g/mol. The molecule has 0 radical (unpaired) electrons. The van der Waals surface area contributed by atoms with Crippen LogP contribution in [0.15, 0.2) is 35.1 Å². The molecule has 0 aliphatic rings. The Bertz CT molecular complexity index is 577. The number of para-hydroxylation sites is 1. The first kappa shape index (κ1) is 14.6. The fourth-order valence-electron chi connectivity index (χ4n) is 1.89. The molecule has 2 aromatic rings. The standard InChI is InChI=1S/C14H17BrN4O/c1-16-13-12(15)14(19-9-18-13)17-8-7-10-5-3-4-6-11(10)20-2/h3-6,9H,7-8H2,1-2H3,(H2,16,17,18,19). The van der Waals surface area contributed by atoms with Crippen molar-refractivity contribution in [2.45, 2.75) is 6.42 Å². The molecule has 0 unspecified atom stereocenters. The summed E-state index contributed by atoms with van der Waals surface area (Å²) in [6, 6.07) is 8.01. The van der Waals surface area contributed by atoms with E-state index in [-0.39, 0.29) is 0 Å². The fraction of sp³-hybridized carbons (Fsp3) is 0.286. The van der Waals surface area contributed by atoms with Crippen molar-refractivity contribution in [2.75, 3.05) is 31.3 Å². The number of methoxy groups -OCH3 is 1. The van der Waals surface area contributed by atoms with Crippen molar-refractivity contribution in [1.82, 2.24) is 9.97 Å². The highest BCUT2D eigenvalue weighted by Gasteiger charge is 2.07. The Balaban J connectivity index is 1.99. The summed E-state index contributed by atoms with van der Waals surface area (Å²) in [6.45, 7) is 0.763. The molecule has 5 nitrogen and oxygen atoms in total. The maximum Gasteiger partial charge on any atom is 0.145 e. The quantitative estimate of drug-likeness (QED) is 0.849. The van der Waals surface area contributed by atoms with E-state index in [1.54, 1.807) is 7.11 Å². The van der Waals surface area contributed by atoms with Gasteiger partial charge in [0, 0.05) is 13.6 Å². The molecule has 0 aliphatic carbocycles. The number of aromatic nitrogens is 2. The maximum absolute atomic E-state index is 5.34. The largest absolute Gasteiger partial charge is 0.496 e. The topological polar surface area (TPSA) is 59.1 Å². The Labute approximate surface area is 126 Å². The van der Waals surface area contributed by atoms with Gasteiger partial charge in [-0.3, -0.25) is 0 Å². The molecule has 106 valence electrons. The van der Waals surface area contributed by atoms with Crippen LogP contribution < -0.4 is 15.4 Å². The van der Waals surface area contributed by atoms with Crippen molar-refractivity contribution in [3.8, 4) is 5.75 Å². The van der Waals surface area contributed by atoms with E-state index in [1.807, 2.05) is 25.2 Å². The maximum atomic E-state index is 5.34. The summed E-state index contributed by atoms with van der Waals surface area (Å²) in [5, 5.41) is 6.30. The fourth-order valence-corrected chi connectivity index (χ4v) is 2.44. The lowest BCUT2D eigenvalue weighted by Gasteiger charge is -2.11. The SMILES string of the molecule is CNc1ncnc(NCCc2ccccc2OC)c1Br. The Morgan fingerprint density at radius 3 is 2.70 bits per heavy atom. The van der Waals surface area contributed by atoms with Gasteiger partial charge in [-0.2, -0.15) is 0 Å². The Morgan fingerprint density at radius 1 is 1.20 bits per heavy atom. The lowest BCUT2D eigenvalue weighted by atomic mass is 10.1. The number of rotatable bonds is 6. The van der Waals surface area contributed by atoms with Crippen LogP contribution in [-0.4, -0.2) is 30.7 Å². The number of nitrogens with zero attached hydrogens (tertiary/aromatic N) is 2. The number of hydrogen-bond donors (Lipinski definition) is 2. The molecule has 0 bridgehead atoms. The molecular weight excluding hydrogens is 320 g/mol. The first-order valence-corrected chi connectivity index (χ1v) is 7.09. The van der Waals surface area contributed by atoms with Gasteiger partial charge in [-0.1, -0.05) is 18.2 Å². The molecule has 0 amide bonds. The Kier molecular flexibility index (Phi) is 5.17. The number of nitrogens with one attached hydrogen (secondary N) is 2. The second kappa shape index (κ2) is 7.09. The molecule has 0 fully saturated rings. The van der Waals surface area contributed by atoms with Crippen LogP contribution in [0.25, 0.3) is 0 Å². The average molecular weight is 337 g/mol. The average Bonchev–Trinajstić information content (AvgIpc) is 2.49. The van der Waals surface area contributed by atoms with E-state index in [2.05, 4.69) is 42.6 Å². The van der Waals surface area contributed by atoms with Gasteiger partial charge in [0.25, 0.3) is 0 Å². The minimum Gasteiger partial charge on any atom is -0.496 e. The second-order valence-corrected chi connectivity index (χ2v) is 4.92. The number of anilines is 2. The molecule has 0 spiro atoms. The van der Waals surface area contributed by atoms with Crippen LogP contribution >= 0.6 is 15.9 Å². The molecular formula is C14H17BrN4O. The molecule has 2 rings (SSSR count). The summed E-state index contributed by atoms with van der Waals surface area (Å²) in [7, 11) is 3.51. The minimum absolute atomic E-state index is 0.763. The lowest BCUT2D eigenvalue weighted by Crippen LogP contribution is -2.09. The molecule has 0 aliphatic heterocycles. The zero-order valence-electron chi connectivity index (χ0n) is 11.5. The zero-order chi connectivity index (χ0) is 14.4. The lowest BCUT2D eigenvalue weighted by molar-refractivity contribution is 0.410. The predicted molar refractivity (Wildman–Crippen MR) is 84.5 cm³/mol. The van der Waals surface area contributed by atoms with Crippen LogP contribution in [0.3, 0.4) is 0 Å². The van der Waals surface area contributed by atoms with Crippen LogP contribution in [0.5, 0.6) is 5.75 Å². The third-order valence-electron chi connectivity index (χ3n) is 2.91. The smallest absolute Gasteiger partial charge is 0.145 e. The predicted octanol–water partition coefficient (Wildman–Crippen LogP) is 2.94. The molecule has 1 aromatic carbocycles. The van der Waals surface area contributed by atoms with Crippen LogP contribution in [0, 0.1) is 0 Å². The highest BCUT2D eigenvalue weighted by atomic mass is 79.9. The first-order chi connectivity index (χ1) is 9.76. The summed E-state index contributed by atoms with van der Waals surface area (Å²) in [4.78, 5) is 8.34. The number of halogens is 1. The van der Waals surface area contributed by atoms with Gasteiger partial charge in [0.2, 0.25) is 0 Å². The van der Waals surface area contributed by atoms with E-state index >= 15 is 0 Å². The van der Waals surface area contributed by atoms with Gasteiger partial charge >= 0.3 is 0 Å². The molecule has 6 heteroatoms. The van der Waals surface area contributed by atoms with Crippen LogP contribution in [0.1, 0.15) is 5.56 Å². The Hall–Kier alpha value is -1.82. The van der Waals surface area contributed by atoms with Crippen LogP contribution in [0.4, 0.5) is 11.6 Å². The van der Waals surface area contributed by atoms with Crippen molar-refractivity contribution in [2.24, 2.45) is 0 Å². The van der Waals surface area contributed by atoms with Gasteiger partial charge in [-0.15, -0.1) is 0 Å². The van der Waals surface area contributed by atoms with Gasteiger partial charge in [0.15, 0.2) is 0 Å². The molecule has 2 N–H and O–H groups in total. The van der Waals surface area contributed by atoms with E-state index in [9.17, 15) is 0 Å². The van der Waals surface area contributed by atoms with Crippen LogP contribution in [0.2, 0.25) is 0 Å². The van der Waals surface area contributed by atoms with Gasteiger partial charge < -0.3 is 15.4 Å². The van der Waals surface area contributed by atoms with E-state index in [4.69, 9.17) is 4.74 Å². The first-order valence-electron chi connectivity index (χ1n) is 6.30. The molecule has 0 saturated heterocycles. The second-order valence-electron chi connectivity index (χ2n) is 4.12. The highest BCUT2D eigenvalue weighted by molar-refractivity contribution is 9.10. The molecule has 0 atom stereocenters. The normalized spacial score (nSPS) is 10.2. The van der Waals surface area contributed by atoms with E-state index in [0.29, 0.717) is 0 Å². The number of ether oxygens (including phenoxy) is 1. The highest BCUT2D eigenvalue weighted by Crippen LogP contribution is 2.26. The Morgan fingerprint density at radius 2 is 1.95 bits per heavy atom. The van der Waals surface area contributed by atoms with Gasteiger partial charge in [-0.25, -0.2) is 9.97 Å². The van der Waals surface area contributed by atoms with Crippen molar-refractivity contribution in [1.29, 1.82) is 0 Å². The number of hydrogen-bond acceptors (Lipinski definition) is 5. The van der Waals surface area contributed by atoms with Crippen molar-refractivity contribution < 1.29 is 4.74 Å². The van der Waals surface area contributed by atoms with E-state index < -0.39 is 0 Å². The molecule has 20 heavy (non-hydrogen) atoms. The van der Waals surface area contributed by atoms with Crippen LogP contribution in [-0.2, 0) is 6.42 Å². The third-order valence-corrected chi connectivity index (χ3v) is 3.66. The summed E-state index contributed by atoms with van der Waals surface area (Å²) in [6.07, 6.45) is 2.39. The summed E-state index contributed by atoms with van der Waals surface area (Å²) < 4.78 is 6.17. The van der Waals surface area contributed by atoms with Gasteiger partial charge in [0.1, 0.15) is 28.2 Å². The summed E-state index contributed by atoms with van der Waals surface area (Å²) in [5.41, 5.74) is 1.17. The van der Waals surface area contributed by atoms with E-state index in [1.165, 1.54) is 11.9 Å². The summed E-state index contributed by atoms with van der Waals surface area (Å²) in [5.74, 6) is 2.45. The number of benzene rings is 1.